The number of rotatable bonds is 4. The summed E-state index contributed by atoms with van der Waals surface area (Å²) in [7, 11) is 32.5. The van der Waals surface area contributed by atoms with Gasteiger partial charge < -0.3 is 9.32 Å². The summed E-state index contributed by atoms with van der Waals surface area (Å²) < 4.78 is 9.02. The molecule has 0 saturated heterocycles. The van der Waals surface area contributed by atoms with Crippen molar-refractivity contribution < 1.29 is 4.42 Å². The minimum absolute atomic E-state index is 0.176. The predicted molar refractivity (Wildman–Crippen MR) is 275 cm³/mol. The molecule has 64 heavy (non-hydrogen) atoms. The fourth-order valence-corrected chi connectivity index (χ4v) is 13.0. The summed E-state index contributed by atoms with van der Waals surface area (Å²) in [6.45, 7) is 0. The molecule has 0 atom stereocenters. The zero-order valence-corrected chi connectivity index (χ0v) is 35.9. The van der Waals surface area contributed by atoms with Gasteiger partial charge in [-0.2, -0.15) is 0 Å². The summed E-state index contributed by atoms with van der Waals surface area (Å²) in [6, 6.07) is 61.4. The maximum atomic E-state index is 6.69. The van der Waals surface area contributed by atoms with Gasteiger partial charge in [0.15, 0.2) is 0 Å². The van der Waals surface area contributed by atoms with Gasteiger partial charge in [-0.3, -0.25) is 0 Å². The molecule has 1 aliphatic heterocycles. The monoisotopic (exact) mass is 837 g/mol. The first kappa shape index (κ1) is 38.0. The van der Waals surface area contributed by atoms with Gasteiger partial charge in [-0.05, 0) is 105 Å². The number of benzene rings is 9. The van der Waals surface area contributed by atoms with Gasteiger partial charge in [0.1, 0.15) is 50.4 Å². The first-order chi connectivity index (χ1) is 31.3. The highest BCUT2D eigenvalue weighted by molar-refractivity contribution is 7.99. The second kappa shape index (κ2) is 14.0. The molecule has 11 aromatic rings. The van der Waals surface area contributed by atoms with Crippen molar-refractivity contribution in [2.75, 3.05) is 4.90 Å². The molecular weight excluding hydrogens is 809 g/mol. The Labute approximate surface area is 385 Å². The molecule has 0 unspecified atom stereocenters. The van der Waals surface area contributed by atoms with E-state index >= 15 is 0 Å². The zero-order valence-electron chi connectivity index (χ0n) is 34.2. The summed E-state index contributed by atoms with van der Waals surface area (Å²) in [6.07, 6.45) is 0. The van der Waals surface area contributed by atoms with Crippen LogP contribution >= 0.6 is 23.1 Å². The number of furan rings is 1. The van der Waals surface area contributed by atoms with Crippen molar-refractivity contribution >= 4 is 149 Å². The number of thiophene rings is 1. The van der Waals surface area contributed by atoms with Crippen LogP contribution < -0.4 is 32.2 Å². The van der Waals surface area contributed by atoms with Gasteiger partial charge in [-0.1, -0.05) is 132 Å². The van der Waals surface area contributed by atoms with E-state index in [0.717, 1.165) is 39.0 Å². The second-order valence-corrected chi connectivity index (χ2v) is 18.8. The fraction of sp³-hybridized carbons (Fsp3) is 0.0182. The van der Waals surface area contributed by atoms with Gasteiger partial charge in [0, 0.05) is 57.8 Å². The first-order valence-corrected chi connectivity index (χ1v) is 22.7. The Balaban J connectivity index is 1.06. The number of nitrogens with zero attached hydrogens (tertiary/aromatic N) is 1. The third-order valence-corrected chi connectivity index (χ3v) is 15.7. The van der Waals surface area contributed by atoms with Crippen LogP contribution in [-0.4, -0.2) is 39.2 Å². The quantitative estimate of drug-likeness (QED) is 0.164. The molecule has 1 spiro atoms. The Morgan fingerprint density at radius 2 is 0.984 bits per heavy atom. The average molecular weight is 837 g/mol. The molecule has 13 rings (SSSR count). The molecule has 0 fully saturated rings. The molecular formula is C55H28B5NOS2. The van der Waals surface area contributed by atoms with Crippen molar-refractivity contribution in [1.29, 1.82) is 0 Å². The van der Waals surface area contributed by atoms with Gasteiger partial charge in [0.25, 0.3) is 0 Å². The van der Waals surface area contributed by atoms with Gasteiger partial charge in [-0.25, -0.2) is 0 Å². The minimum atomic E-state index is -0.479. The SMILES string of the molecule is [B]c1c([B])c([B])c(-c2cccc3oc4ccc(N(c5ccc6c(c5)Sc5ccccc5C65c6ccccc6-c6ccccc65)c5ccc6c(c5)sc5ccccc56)cc4c23)c([B])c1[B]. The number of anilines is 3. The summed E-state index contributed by atoms with van der Waals surface area (Å²) in [5.41, 5.74) is 14.1. The molecule has 2 aliphatic rings. The van der Waals surface area contributed by atoms with E-state index in [9.17, 15) is 0 Å². The molecule has 0 N–H and O–H groups in total. The maximum Gasteiger partial charge on any atom is 0.136 e. The van der Waals surface area contributed by atoms with E-state index in [-0.39, 0.29) is 27.3 Å². The lowest BCUT2D eigenvalue weighted by molar-refractivity contribution is 0.669. The van der Waals surface area contributed by atoms with Crippen LogP contribution in [0.5, 0.6) is 0 Å². The molecule has 10 radical (unpaired) electrons. The minimum Gasteiger partial charge on any atom is -0.456 e. The zero-order chi connectivity index (χ0) is 43.0. The second-order valence-electron chi connectivity index (χ2n) is 16.6. The molecule has 0 bridgehead atoms. The largest absolute Gasteiger partial charge is 0.456 e. The molecule has 3 heterocycles. The molecule has 9 heteroatoms. The normalized spacial score (nSPS) is 13.4. The molecule has 9 aromatic carbocycles. The number of hydrogen-bond donors (Lipinski definition) is 0. The lowest BCUT2D eigenvalue weighted by atomic mass is 9.59. The van der Waals surface area contributed by atoms with E-state index in [1.54, 1.807) is 0 Å². The van der Waals surface area contributed by atoms with Crippen molar-refractivity contribution in [3.8, 4) is 22.3 Å². The summed E-state index contributed by atoms with van der Waals surface area (Å²) in [5, 5.41) is 4.23. The summed E-state index contributed by atoms with van der Waals surface area (Å²) in [5.74, 6) is 0. The highest BCUT2D eigenvalue weighted by atomic mass is 32.2. The number of fused-ring (bicyclic) bond motifs is 15. The Hall–Kier alpha value is -6.53. The first-order valence-electron chi connectivity index (χ1n) is 21.1. The lowest BCUT2D eigenvalue weighted by Crippen LogP contribution is -2.55. The Bertz CT molecular complexity index is 3740. The summed E-state index contributed by atoms with van der Waals surface area (Å²) in [4.78, 5) is 4.81. The molecule has 0 amide bonds. The third-order valence-electron chi connectivity index (χ3n) is 13.4. The van der Waals surface area contributed by atoms with Crippen LogP contribution in [0.1, 0.15) is 22.3 Å². The van der Waals surface area contributed by atoms with E-state index in [1.165, 1.54) is 63.3 Å². The molecule has 0 saturated carbocycles. The smallest absolute Gasteiger partial charge is 0.136 e. The average Bonchev–Trinajstić information content (AvgIpc) is 3.99. The molecule has 2 aromatic heterocycles. The van der Waals surface area contributed by atoms with Gasteiger partial charge >= 0.3 is 0 Å². The van der Waals surface area contributed by atoms with Crippen LogP contribution in [0.15, 0.2) is 184 Å². The number of hydrogen-bond acceptors (Lipinski definition) is 4. The van der Waals surface area contributed by atoms with Crippen LogP contribution in [-0.2, 0) is 5.41 Å². The van der Waals surface area contributed by atoms with E-state index in [2.05, 4.69) is 150 Å². The van der Waals surface area contributed by atoms with Crippen LogP contribution in [0.3, 0.4) is 0 Å². The topological polar surface area (TPSA) is 16.4 Å². The van der Waals surface area contributed by atoms with E-state index in [0.29, 0.717) is 11.1 Å². The van der Waals surface area contributed by atoms with E-state index < -0.39 is 5.41 Å². The summed E-state index contributed by atoms with van der Waals surface area (Å²) >= 11 is 3.65. The van der Waals surface area contributed by atoms with Crippen molar-refractivity contribution in [1.82, 2.24) is 0 Å². The predicted octanol–water partition coefficient (Wildman–Crippen LogP) is 9.89. The van der Waals surface area contributed by atoms with Gasteiger partial charge in [0.2, 0.25) is 0 Å². The standard InChI is InChI=1S/C55H28B5NOS2/c56-50-49(51(57)53(59)54(60)52(50)58)36-13-9-17-43-48(36)37-26-29(22-25-42(37)62-43)61(30-20-23-35-34-12-3-7-18-44(34)63-46(35)27-30)31-21-24-41-47(28-31)64-45-19-8-6-16-40(45)55(41)38-14-4-1-10-32(38)33-11-2-5-15-39(33)55/h1-28H. The van der Waals surface area contributed by atoms with Crippen LogP contribution in [0.4, 0.5) is 17.1 Å². The highest BCUT2D eigenvalue weighted by Gasteiger charge is 2.50. The van der Waals surface area contributed by atoms with E-state index in [4.69, 9.17) is 43.6 Å². The highest BCUT2D eigenvalue weighted by Crippen LogP contribution is 2.62. The molecule has 286 valence electrons. The van der Waals surface area contributed by atoms with Crippen molar-refractivity contribution in [2.45, 2.75) is 15.2 Å². The van der Waals surface area contributed by atoms with Gasteiger partial charge in [-0.15, -0.1) is 27.7 Å². The maximum absolute atomic E-state index is 6.69. The van der Waals surface area contributed by atoms with Gasteiger partial charge in [0.05, 0.1) is 5.41 Å². The van der Waals surface area contributed by atoms with Crippen molar-refractivity contribution in [3.63, 3.8) is 0 Å². The Kier molecular flexibility index (Phi) is 8.30. The van der Waals surface area contributed by atoms with Crippen molar-refractivity contribution in [3.05, 3.63) is 192 Å². The lowest BCUT2D eigenvalue weighted by Gasteiger charge is -2.40. The van der Waals surface area contributed by atoms with Crippen LogP contribution in [0.25, 0.3) is 64.4 Å². The Morgan fingerprint density at radius 3 is 1.77 bits per heavy atom. The Morgan fingerprint density at radius 1 is 0.406 bits per heavy atom. The molecule has 2 nitrogen and oxygen atoms in total. The van der Waals surface area contributed by atoms with Crippen LogP contribution in [0, 0.1) is 0 Å². The third kappa shape index (κ3) is 5.17. The molecule has 1 aliphatic carbocycles. The fourth-order valence-electron chi connectivity index (χ4n) is 10.6. The van der Waals surface area contributed by atoms with Crippen LogP contribution in [0.2, 0.25) is 0 Å². The van der Waals surface area contributed by atoms with Crippen molar-refractivity contribution in [2.24, 2.45) is 0 Å². The van der Waals surface area contributed by atoms with E-state index in [1.807, 2.05) is 47.4 Å².